The standard InChI is InChI=1S/C14H20N4OS/c1-2-18(10-3-6-15-7-4-10)9-12-16-11-5-8-20-13(11)14(19)17-12/h5,8,10,15H,2-4,6-7,9H2,1H3,(H,16,17,19). The van der Waals surface area contributed by atoms with Gasteiger partial charge in [0.05, 0.1) is 12.1 Å². The van der Waals surface area contributed by atoms with Gasteiger partial charge in [-0.3, -0.25) is 9.69 Å². The Morgan fingerprint density at radius 3 is 3.00 bits per heavy atom. The van der Waals surface area contributed by atoms with Crippen molar-refractivity contribution in [1.29, 1.82) is 0 Å². The summed E-state index contributed by atoms with van der Waals surface area (Å²) < 4.78 is 0.721. The van der Waals surface area contributed by atoms with Gasteiger partial charge in [0.25, 0.3) is 5.56 Å². The van der Waals surface area contributed by atoms with Gasteiger partial charge in [0.2, 0.25) is 0 Å². The van der Waals surface area contributed by atoms with Gasteiger partial charge in [-0.1, -0.05) is 6.92 Å². The Hall–Kier alpha value is -1.24. The molecule has 0 aromatic carbocycles. The fourth-order valence-electron chi connectivity index (χ4n) is 2.86. The number of nitrogens with zero attached hydrogens (tertiary/aromatic N) is 2. The fraction of sp³-hybridized carbons (Fsp3) is 0.571. The van der Waals surface area contributed by atoms with E-state index >= 15 is 0 Å². The third-order valence-electron chi connectivity index (χ3n) is 3.95. The molecular weight excluding hydrogens is 272 g/mol. The van der Waals surface area contributed by atoms with Crippen LogP contribution in [0.15, 0.2) is 16.2 Å². The average molecular weight is 292 g/mol. The number of rotatable bonds is 4. The van der Waals surface area contributed by atoms with Crippen molar-refractivity contribution in [2.45, 2.75) is 32.4 Å². The molecule has 1 aliphatic heterocycles. The Morgan fingerprint density at radius 1 is 1.45 bits per heavy atom. The molecule has 108 valence electrons. The zero-order valence-corrected chi connectivity index (χ0v) is 12.5. The summed E-state index contributed by atoms with van der Waals surface area (Å²) in [6, 6.07) is 2.50. The maximum atomic E-state index is 12.0. The second-order valence-corrected chi connectivity index (χ2v) is 6.11. The van der Waals surface area contributed by atoms with Crippen molar-refractivity contribution in [2.24, 2.45) is 0 Å². The number of hydrogen-bond donors (Lipinski definition) is 2. The first-order valence-corrected chi connectivity index (χ1v) is 8.07. The van der Waals surface area contributed by atoms with Crippen LogP contribution in [0.5, 0.6) is 0 Å². The van der Waals surface area contributed by atoms with Crippen molar-refractivity contribution in [3.05, 3.63) is 27.6 Å². The van der Waals surface area contributed by atoms with E-state index in [9.17, 15) is 4.79 Å². The van der Waals surface area contributed by atoms with E-state index in [1.54, 1.807) is 0 Å². The van der Waals surface area contributed by atoms with Crippen LogP contribution in [-0.2, 0) is 6.54 Å². The highest BCUT2D eigenvalue weighted by molar-refractivity contribution is 7.17. The minimum atomic E-state index is -0.0126. The number of piperidine rings is 1. The lowest BCUT2D eigenvalue weighted by Gasteiger charge is -2.33. The van der Waals surface area contributed by atoms with Crippen LogP contribution in [0.2, 0.25) is 0 Å². The van der Waals surface area contributed by atoms with E-state index in [4.69, 9.17) is 0 Å². The zero-order chi connectivity index (χ0) is 13.9. The van der Waals surface area contributed by atoms with Gasteiger partial charge >= 0.3 is 0 Å². The normalized spacial score (nSPS) is 17.1. The molecule has 0 bridgehead atoms. The highest BCUT2D eigenvalue weighted by Crippen LogP contribution is 2.16. The SMILES string of the molecule is CCN(Cc1nc2ccsc2c(=O)[nH]1)C1CCNCC1. The predicted octanol–water partition coefficient (Wildman–Crippen LogP) is 1.56. The van der Waals surface area contributed by atoms with Crippen LogP contribution in [0.25, 0.3) is 10.2 Å². The molecule has 2 N–H and O–H groups in total. The van der Waals surface area contributed by atoms with Crippen molar-refractivity contribution < 1.29 is 0 Å². The van der Waals surface area contributed by atoms with Crippen LogP contribution in [0.4, 0.5) is 0 Å². The molecule has 0 atom stereocenters. The van der Waals surface area contributed by atoms with Crippen molar-refractivity contribution in [1.82, 2.24) is 20.2 Å². The van der Waals surface area contributed by atoms with E-state index in [-0.39, 0.29) is 5.56 Å². The third-order valence-corrected chi connectivity index (χ3v) is 4.85. The maximum absolute atomic E-state index is 12.0. The van der Waals surface area contributed by atoms with Gasteiger partial charge in [-0.05, 0) is 43.9 Å². The number of H-pyrrole nitrogens is 1. The zero-order valence-electron chi connectivity index (χ0n) is 11.7. The van der Waals surface area contributed by atoms with E-state index < -0.39 is 0 Å². The Labute approximate surface area is 122 Å². The molecule has 6 heteroatoms. The van der Waals surface area contributed by atoms with Gasteiger partial charge in [-0.2, -0.15) is 0 Å². The first kappa shape index (κ1) is 13.7. The van der Waals surface area contributed by atoms with E-state index in [2.05, 4.69) is 27.1 Å². The van der Waals surface area contributed by atoms with Crippen molar-refractivity contribution in [3.8, 4) is 0 Å². The van der Waals surface area contributed by atoms with Gasteiger partial charge in [0.15, 0.2) is 0 Å². The van der Waals surface area contributed by atoms with E-state index in [0.717, 1.165) is 42.2 Å². The molecule has 0 saturated carbocycles. The molecule has 2 aromatic rings. The molecule has 0 amide bonds. The number of hydrogen-bond acceptors (Lipinski definition) is 5. The molecule has 0 unspecified atom stereocenters. The minimum Gasteiger partial charge on any atom is -0.317 e. The highest BCUT2D eigenvalue weighted by atomic mass is 32.1. The lowest BCUT2D eigenvalue weighted by atomic mass is 10.0. The van der Waals surface area contributed by atoms with Crippen LogP contribution in [0.3, 0.4) is 0 Å². The van der Waals surface area contributed by atoms with E-state index in [1.807, 2.05) is 11.4 Å². The van der Waals surface area contributed by atoms with Crippen LogP contribution >= 0.6 is 11.3 Å². The number of aromatic nitrogens is 2. The number of nitrogens with one attached hydrogen (secondary N) is 2. The van der Waals surface area contributed by atoms with Gasteiger partial charge in [0, 0.05) is 6.04 Å². The summed E-state index contributed by atoms with van der Waals surface area (Å²) >= 11 is 1.45. The Kier molecular flexibility index (Phi) is 4.14. The summed E-state index contributed by atoms with van der Waals surface area (Å²) in [5.41, 5.74) is 0.802. The second kappa shape index (κ2) is 6.03. The molecule has 20 heavy (non-hydrogen) atoms. The van der Waals surface area contributed by atoms with E-state index in [1.165, 1.54) is 24.2 Å². The third kappa shape index (κ3) is 2.77. The summed E-state index contributed by atoms with van der Waals surface area (Å²) in [6.07, 6.45) is 2.33. The molecule has 5 nitrogen and oxygen atoms in total. The Bertz CT molecular complexity index is 629. The number of aromatic amines is 1. The van der Waals surface area contributed by atoms with Crippen LogP contribution < -0.4 is 10.9 Å². The fourth-order valence-corrected chi connectivity index (χ4v) is 3.59. The van der Waals surface area contributed by atoms with Gasteiger partial charge in [0.1, 0.15) is 10.5 Å². The lowest BCUT2D eigenvalue weighted by molar-refractivity contribution is 0.158. The molecule has 0 aliphatic carbocycles. The largest absolute Gasteiger partial charge is 0.317 e. The average Bonchev–Trinajstić information content (AvgIpc) is 2.94. The minimum absolute atomic E-state index is 0.0126. The molecule has 1 saturated heterocycles. The van der Waals surface area contributed by atoms with Crippen molar-refractivity contribution in [3.63, 3.8) is 0 Å². The van der Waals surface area contributed by atoms with Crippen molar-refractivity contribution in [2.75, 3.05) is 19.6 Å². The van der Waals surface area contributed by atoms with Crippen LogP contribution in [-0.4, -0.2) is 40.5 Å². The van der Waals surface area contributed by atoms with Gasteiger partial charge in [-0.15, -0.1) is 11.3 Å². The molecule has 3 rings (SSSR count). The summed E-state index contributed by atoms with van der Waals surface area (Å²) in [7, 11) is 0. The molecule has 1 fully saturated rings. The van der Waals surface area contributed by atoms with Crippen LogP contribution in [0, 0.1) is 0 Å². The smallest absolute Gasteiger partial charge is 0.268 e. The summed E-state index contributed by atoms with van der Waals surface area (Å²) in [5, 5.41) is 5.31. The Morgan fingerprint density at radius 2 is 2.25 bits per heavy atom. The quantitative estimate of drug-likeness (QED) is 0.898. The summed E-state index contributed by atoms with van der Waals surface area (Å²) in [5.74, 6) is 0.779. The Balaban J connectivity index is 1.81. The predicted molar refractivity (Wildman–Crippen MR) is 82.2 cm³/mol. The topological polar surface area (TPSA) is 61.0 Å². The van der Waals surface area contributed by atoms with Crippen molar-refractivity contribution >= 4 is 21.6 Å². The molecule has 0 radical (unpaired) electrons. The molecule has 2 aromatic heterocycles. The molecular formula is C14H20N4OS. The summed E-state index contributed by atoms with van der Waals surface area (Å²) in [4.78, 5) is 21.9. The van der Waals surface area contributed by atoms with Crippen LogP contribution in [0.1, 0.15) is 25.6 Å². The lowest BCUT2D eigenvalue weighted by Crippen LogP contribution is -2.43. The molecule has 1 aliphatic rings. The second-order valence-electron chi connectivity index (χ2n) is 5.19. The van der Waals surface area contributed by atoms with Gasteiger partial charge in [-0.25, -0.2) is 4.98 Å². The molecule has 3 heterocycles. The van der Waals surface area contributed by atoms with Gasteiger partial charge < -0.3 is 10.3 Å². The molecule has 0 spiro atoms. The summed E-state index contributed by atoms with van der Waals surface area (Å²) in [6.45, 7) is 6.03. The number of fused-ring (bicyclic) bond motifs is 1. The highest BCUT2D eigenvalue weighted by Gasteiger charge is 2.20. The monoisotopic (exact) mass is 292 g/mol. The maximum Gasteiger partial charge on any atom is 0.268 e. The van der Waals surface area contributed by atoms with E-state index in [0.29, 0.717) is 6.04 Å². The first-order chi connectivity index (χ1) is 9.78. The number of thiophene rings is 1. The first-order valence-electron chi connectivity index (χ1n) is 7.19.